The van der Waals surface area contributed by atoms with Crippen LogP contribution in [0.5, 0.6) is 0 Å². The molecule has 1 unspecified atom stereocenters. The monoisotopic (exact) mass is 609 g/mol. The molecule has 3 aromatic carbocycles. The standard InChI is InChI=1S/C28H30Cl3N3O4S/c1-18(2)32-28(36)20(4)33(16-23-24(30)9-7-10-25(23)31)27(35)17-34(26-11-6-5-8-19(26)3)39(37,38)22-14-12-21(29)13-15-22/h5-15,18,20H,16-17H2,1-4H3,(H,32,36). The van der Waals surface area contributed by atoms with Crippen molar-refractivity contribution in [2.24, 2.45) is 0 Å². The molecule has 7 nitrogen and oxygen atoms in total. The van der Waals surface area contributed by atoms with Gasteiger partial charge in [-0.3, -0.25) is 13.9 Å². The largest absolute Gasteiger partial charge is 0.352 e. The van der Waals surface area contributed by atoms with Crippen molar-refractivity contribution >= 4 is 62.3 Å². The molecule has 39 heavy (non-hydrogen) atoms. The summed E-state index contributed by atoms with van der Waals surface area (Å²) in [5, 5.41) is 3.82. The molecule has 3 aromatic rings. The maximum atomic E-state index is 14.0. The van der Waals surface area contributed by atoms with Crippen LogP contribution in [0.3, 0.4) is 0 Å². The third kappa shape index (κ3) is 7.45. The van der Waals surface area contributed by atoms with Crippen molar-refractivity contribution in [1.82, 2.24) is 10.2 Å². The van der Waals surface area contributed by atoms with Gasteiger partial charge in [0.1, 0.15) is 12.6 Å². The molecule has 0 spiro atoms. The molecule has 3 rings (SSSR count). The molecule has 1 N–H and O–H groups in total. The molecule has 0 bridgehead atoms. The van der Waals surface area contributed by atoms with Gasteiger partial charge in [-0.15, -0.1) is 0 Å². The van der Waals surface area contributed by atoms with Crippen molar-refractivity contribution in [2.75, 3.05) is 10.8 Å². The third-order valence-electron chi connectivity index (χ3n) is 6.05. The van der Waals surface area contributed by atoms with Crippen LogP contribution >= 0.6 is 34.8 Å². The van der Waals surface area contributed by atoms with E-state index in [-0.39, 0.29) is 17.5 Å². The Labute approximate surface area is 244 Å². The number of rotatable bonds is 10. The van der Waals surface area contributed by atoms with Gasteiger partial charge in [0, 0.05) is 33.2 Å². The molecule has 1 atom stereocenters. The first-order valence-electron chi connectivity index (χ1n) is 12.2. The molecule has 0 saturated heterocycles. The van der Waals surface area contributed by atoms with Crippen LogP contribution in [-0.2, 0) is 26.2 Å². The summed E-state index contributed by atoms with van der Waals surface area (Å²) in [6, 6.07) is 16.4. The predicted molar refractivity (Wildman–Crippen MR) is 157 cm³/mol. The fourth-order valence-electron chi connectivity index (χ4n) is 3.93. The maximum absolute atomic E-state index is 14.0. The first-order chi connectivity index (χ1) is 18.3. The van der Waals surface area contributed by atoms with Gasteiger partial charge in [-0.2, -0.15) is 0 Å². The van der Waals surface area contributed by atoms with Gasteiger partial charge >= 0.3 is 0 Å². The first-order valence-corrected chi connectivity index (χ1v) is 14.8. The maximum Gasteiger partial charge on any atom is 0.264 e. The lowest BCUT2D eigenvalue weighted by Gasteiger charge is -2.33. The van der Waals surface area contributed by atoms with Crippen LogP contribution in [0.1, 0.15) is 31.9 Å². The molecule has 11 heteroatoms. The number of para-hydroxylation sites is 1. The van der Waals surface area contributed by atoms with Crippen molar-refractivity contribution < 1.29 is 18.0 Å². The summed E-state index contributed by atoms with van der Waals surface area (Å²) >= 11 is 18.8. The van der Waals surface area contributed by atoms with Gasteiger partial charge < -0.3 is 10.2 Å². The number of carbonyl (C=O) groups excluding carboxylic acids is 2. The highest BCUT2D eigenvalue weighted by Gasteiger charge is 2.33. The number of hydrogen-bond donors (Lipinski definition) is 1. The number of nitrogens with zero attached hydrogens (tertiary/aromatic N) is 2. The Hall–Kier alpha value is -2.78. The number of sulfonamides is 1. The summed E-state index contributed by atoms with van der Waals surface area (Å²) in [7, 11) is -4.20. The zero-order valence-corrected chi connectivity index (χ0v) is 25.1. The van der Waals surface area contributed by atoms with E-state index in [0.29, 0.717) is 31.9 Å². The van der Waals surface area contributed by atoms with Gasteiger partial charge in [-0.1, -0.05) is 59.1 Å². The number of aryl methyl sites for hydroxylation is 1. The lowest BCUT2D eigenvalue weighted by atomic mass is 10.1. The Morgan fingerprint density at radius 3 is 2.03 bits per heavy atom. The highest BCUT2D eigenvalue weighted by atomic mass is 35.5. The Balaban J connectivity index is 2.08. The summed E-state index contributed by atoms with van der Waals surface area (Å²) in [6.45, 7) is 6.26. The summed E-state index contributed by atoms with van der Waals surface area (Å²) in [4.78, 5) is 28.2. The molecule has 0 radical (unpaired) electrons. The van der Waals surface area contributed by atoms with Gasteiger partial charge in [0.2, 0.25) is 11.8 Å². The fourth-order valence-corrected chi connectivity index (χ4v) is 6.05. The van der Waals surface area contributed by atoms with Crippen LogP contribution in [-0.4, -0.2) is 43.8 Å². The van der Waals surface area contributed by atoms with Crippen LogP contribution < -0.4 is 9.62 Å². The zero-order valence-electron chi connectivity index (χ0n) is 22.0. The van der Waals surface area contributed by atoms with E-state index in [9.17, 15) is 18.0 Å². The van der Waals surface area contributed by atoms with Gasteiger partial charge in [0.05, 0.1) is 10.6 Å². The number of carbonyl (C=O) groups is 2. The minimum atomic E-state index is -4.20. The molecule has 0 fully saturated rings. The van der Waals surface area contributed by atoms with Crippen LogP contribution in [0.2, 0.25) is 15.1 Å². The average molecular weight is 611 g/mol. The normalized spacial score (nSPS) is 12.2. The Morgan fingerprint density at radius 1 is 0.872 bits per heavy atom. The smallest absolute Gasteiger partial charge is 0.264 e. The fraction of sp³-hybridized carbons (Fsp3) is 0.286. The van der Waals surface area contributed by atoms with E-state index >= 15 is 0 Å². The van der Waals surface area contributed by atoms with E-state index in [1.54, 1.807) is 70.2 Å². The van der Waals surface area contributed by atoms with E-state index < -0.39 is 34.4 Å². The highest BCUT2D eigenvalue weighted by Crippen LogP contribution is 2.30. The van der Waals surface area contributed by atoms with Crippen LogP contribution in [0.4, 0.5) is 5.69 Å². The minimum Gasteiger partial charge on any atom is -0.352 e. The Morgan fingerprint density at radius 2 is 1.46 bits per heavy atom. The van der Waals surface area contributed by atoms with Crippen molar-refractivity contribution in [1.29, 1.82) is 0 Å². The van der Waals surface area contributed by atoms with E-state index in [1.807, 2.05) is 0 Å². The quantitative estimate of drug-likeness (QED) is 0.301. The molecule has 2 amide bonds. The first kappa shape index (κ1) is 30.8. The number of benzene rings is 3. The lowest BCUT2D eigenvalue weighted by molar-refractivity contribution is -0.139. The minimum absolute atomic E-state index is 0.0331. The van der Waals surface area contributed by atoms with Crippen molar-refractivity contribution in [2.45, 2.75) is 51.2 Å². The molecular weight excluding hydrogens is 581 g/mol. The number of hydrogen-bond acceptors (Lipinski definition) is 4. The van der Waals surface area contributed by atoms with Gasteiger partial charge in [0.25, 0.3) is 10.0 Å². The van der Waals surface area contributed by atoms with Crippen molar-refractivity contribution in [3.05, 3.63) is 92.9 Å². The number of nitrogens with one attached hydrogen (secondary N) is 1. The van der Waals surface area contributed by atoms with Crippen LogP contribution in [0.15, 0.2) is 71.6 Å². The van der Waals surface area contributed by atoms with E-state index in [1.165, 1.54) is 29.2 Å². The molecule has 0 aliphatic rings. The van der Waals surface area contributed by atoms with Gasteiger partial charge in [-0.05, 0) is 75.7 Å². The summed E-state index contributed by atoms with van der Waals surface area (Å²) in [6.07, 6.45) is 0. The van der Waals surface area contributed by atoms with Crippen molar-refractivity contribution in [3.8, 4) is 0 Å². The van der Waals surface area contributed by atoms with E-state index in [4.69, 9.17) is 34.8 Å². The average Bonchev–Trinajstić information content (AvgIpc) is 2.87. The number of amides is 2. The summed E-state index contributed by atoms with van der Waals surface area (Å²) < 4.78 is 28.8. The zero-order chi connectivity index (χ0) is 28.9. The van der Waals surface area contributed by atoms with Gasteiger partial charge in [0.15, 0.2) is 0 Å². The molecule has 0 aliphatic carbocycles. The molecule has 0 aromatic heterocycles. The van der Waals surface area contributed by atoms with Crippen molar-refractivity contribution in [3.63, 3.8) is 0 Å². The summed E-state index contributed by atoms with van der Waals surface area (Å²) in [5.74, 6) is -1.01. The molecule has 0 heterocycles. The highest BCUT2D eigenvalue weighted by molar-refractivity contribution is 7.92. The number of halogens is 3. The molecule has 208 valence electrons. The molecule has 0 saturated carbocycles. The Kier molecular flexibility index (Phi) is 10.3. The van der Waals surface area contributed by atoms with Gasteiger partial charge in [-0.25, -0.2) is 8.42 Å². The third-order valence-corrected chi connectivity index (χ3v) is 8.79. The summed E-state index contributed by atoms with van der Waals surface area (Å²) in [5.41, 5.74) is 1.42. The second-order valence-corrected chi connectivity index (χ2v) is 12.4. The molecule has 0 aliphatic heterocycles. The second-order valence-electron chi connectivity index (χ2n) is 9.31. The molecular formula is C28H30Cl3N3O4S. The predicted octanol–water partition coefficient (Wildman–Crippen LogP) is 6.09. The lowest BCUT2D eigenvalue weighted by Crippen LogP contribution is -2.52. The van der Waals surface area contributed by atoms with Crippen LogP contribution in [0, 0.1) is 6.92 Å². The second kappa shape index (κ2) is 13.0. The van der Waals surface area contributed by atoms with E-state index in [2.05, 4.69) is 5.32 Å². The Bertz CT molecular complexity index is 1430. The number of anilines is 1. The topological polar surface area (TPSA) is 86.8 Å². The van der Waals surface area contributed by atoms with Crippen LogP contribution in [0.25, 0.3) is 0 Å². The van der Waals surface area contributed by atoms with E-state index in [0.717, 1.165) is 4.31 Å². The SMILES string of the molecule is Cc1ccccc1N(CC(=O)N(Cc1c(Cl)cccc1Cl)C(C)C(=O)NC(C)C)S(=O)(=O)c1ccc(Cl)cc1.